The van der Waals surface area contributed by atoms with E-state index in [1.165, 1.54) is 12.3 Å². The summed E-state index contributed by atoms with van der Waals surface area (Å²) in [6.07, 6.45) is -2.90. The van der Waals surface area contributed by atoms with Crippen LogP contribution in [0.2, 0.25) is 5.02 Å². The Morgan fingerprint density at radius 2 is 1.82 bits per heavy atom. The molecule has 0 aliphatic carbocycles. The van der Waals surface area contributed by atoms with Crippen molar-refractivity contribution in [3.05, 3.63) is 63.5 Å². The first kappa shape index (κ1) is 16.4. The number of nitrogens with zero attached hydrogens (tertiary/aromatic N) is 1. The molecule has 3 nitrogen and oxygen atoms in total. The van der Waals surface area contributed by atoms with Gasteiger partial charge in [0.05, 0.1) is 6.61 Å². The van der Waals surface area contributed by atoms with Crippen LogP contribution in [0, 0.1) is 0 Å². The lowest BCUT2D eigenvalue weighted by Crippen LogP contribution is -2.28. The van der Waals surface area contributed by atoms with E-state index in [0.717, 1.165) is 10.6 Å². The molecule has 0 saturated carbocycles. The maximum Gasteiger partial charge on any atom is 0.421 e. The largest absolute Gasteiger partial charge is 0.494 e. The summed E-state index contributed by atoms with van der Waals surface area (Å²) < 4.78 is 44.3. The molecule has 0 fully saturated rings. The number of aromatic nitrogens is 1. The maximum atomic E-state index is 12.6. The molecule has 0 aliphatic heterocycles. The van der Waals surface area contributed by atoms with Crippen LogP contribution in [0.25, 0.3) is 0 Å². The molecule has 1 aromatic carbocycles. The molecule has 2 aromatic rings. The van der Waals surface area contributed by atoms with Crippen molar-refractivity contribution in [3.63, 3.8) is 0 Å². The molecule has 0 radical (unpaired) electrons. The first-order chi connectivity index (χ1) is 10.4. The Kier molecular flexibility index (Phi) is 5.13. The summed E-state index contributed by atoms with van der Waals surface area (Å²) in [5.41, 5.74) is -2.20. The van der Waals surface area contributed by atoms with Gasteiger partial charge in [-0.05, 0) is 42.8 Å². The lowest BCUT2D eigenvalue weighted by Gasteiger charge is -2.11. The van der Waals surface area contributed by atoms with E-state index in [-0.39, 0.29) is 13.2 Å². The molecular weight excluding hydrogens is 319 g/mol. The molecular formula is C15H13ClF3NO2. The predicted octanol–water partition coefficient (Wildman–Crippen LogP) is 3.99. The molecule has 0 atom stereocenters. The first-order valence-corrected chi connectivity index (χ1v) is 6.91. The minimum absolute atomic E-state index is 0.149. The number of aryl methyl sites for hydroxylation is 1. The van der Waals surface area contributed by atoms with Gasteiger partial charge in [-0.15, -0.1) is 0 Å². The molecule has 0 unspecified atom stereocenters. The van der Waals surface area contributed by atoms with Crippen molar-refractivity contribution >= 4 is 11.6 Å². The van der Waals surface area contributed by atoms with Gasteiger partial charge in [-0.2, -0.15) is 13.2 Å². The van der Waals surface area contributed by atoms with E-state index in [9.17, 15) is 18.0 Å². The average Bonchev–Trinajstić information content (AvgIpc) is 2.45. The number of benzene rings is 1. The highest BCUT2D eigenvalue weighted by Crippen LogP contribution is 2.26. The van der Waals surface area contributed by atoms with Crippen LogP contribution >= 0.6 is 11.6 Å². The van der Waals surface area contributed by atoms with Crippen molar-refractivity contribution in [1.29, 1.82) is 0 Å². The summed E-state index contributed by atoms with van der Waals surface area (Å²) in [6, 6.07) is 8.73. The molecule has 0 amide bonds. The van der Waals surface area contributed by atoms with E-state index in [2.05, 4.69) is 0 Å². The topological polar surface area (TPSA) is 31.2 Å². The van der Waals surface area contributed by atoms with Crippen LogP contribution in [-0.2, 0) is 12.7 Å². The number of hydrogen-bond donors (Lipinski definition) is 0. The van der Waals surface area contributed by atoms with Crippen LogP contribution in [-0.4, -0.2) is 11.2 Å². The van der Waals surface area contributed by atoms with Gasteiger partial charge < -0.3 is 9.30 Å². The van der Waals surface area contributed by atoms with Gasteiger partial charge in [-0.3, -0.25) is 4.79 Å². The van der Waals surface area contributed by atoms with E-state index in [0.29, 0.717) is 17.2 Å². The van der Waals surface area contributed by atoms with E-state index in [4.69, 9.17) is 16.3 Å². The zero-order valence-corrected chi connectivity index (χ0v) is 12.2. The maximum absolute atomic E-state index is 12.6. The molecule has 22 heavy (non-hydrogen) atoms. The summed E-state index contributed by atoms with van der Waals surface area (Å²) in [6.45, 7) is 0.431. The number of rotatable bonds is 5. The van der Waals surface area contributed by atoms with E-state index >= 15 is 0 Å². The normalized spacial score (nSPS) is 11.5. The van der Waals surface area contributed by atoms with E-state index in [1.807, 2.05) is 0 Å². The number of hydrogen-bond acceptors (Lipinski definition) is 2. The van der Waals surface area contributed by atoms with Crippen LogP contribution in [0.5, 0.6) is 5.75 Å². The second kappa shape index (κ2) is 6.87. The minimum atomic E-state index is -4.64. The highest BCUT2D eigenvalue weighted by Gasteiger charge is 2.34. The molecule has 0 spiro atoms. The van der Waals surface area contributed by atoms with Gasteiger partial charge in [0, 0.05) is 17.8 Å². The van der Waals surface area contributed by atoms with Crippen molar-refractivity contribution in [3.8, 4) is 5.75 Å². The number of alkyl halides is 3. The van der Waals surface area contributed by atoms with Gasteiger partial charge in [-0.25, -0.2) is 0 Å². The minimum Gasteiger partial charge on any atom is -0.494 e. The smallest absolute Gasteiger partial charge is 0.421 e. The zero-order chi connectivity index (χ0) is 16.2. The van der Waals surface area contributed by atoms with Crippen molar-refractivity contribution in [2.45, 2.75) is 19.1 Å². The number of halogens is 4. The van der Waals surface area contributed by atoms with Crippen molar-refractivity contribution in [2.24, 2.45) is 0 Å². The van der Waals surface area contributed by atoms with Crippen molar-refractivity contribution < 1.29 is 17.9 Å². The second-order valence-electron chi connectivity index (χ2n) is 4.57. The molecule has 118 valence electrons. The first-order valence-electron chi connectivity index (χ1n) is 6.53. The third kappa shape index (κ3) is 4.27. The average molecular weight is 332 g/mol. The molecule has 7 heteroatoms. The standard InChI is InChI=1S/C15H13ClF3NO2/c16-11-4-6-12(7-5-11)22-10-2-9-20-8-1-3-13(14(20)21)15(17,18)19/h1,3-8H,2,9-10H2. The van der Waals surface area contributed by atoms with Gasteiger partial charge >= 0.3 is 6.18 Å². The third-order valence-corrected chi connectivity index (χ3v) is 3.20. The predicted molar refractivity (Wildman–Crippen MR) is 77.3 cm³/mol. The fourth-order valence-corrected chi connectivity index (χ4v) is 2.01. The third-order valence-electron chi connectivity index (χ3n) is 2.95. The van der Waals surface area contributed by atoms with Crippen LogP contribution in [0.1, 0.15) is 12.0 Å². The fourth-order valence-electron chi connectivity index (χ4n) is 1.88. The van der Waals surface area contributed by atoms with Gasteiger partial charge in [0.1, 0.15) is 11.3 Å². The Labute approximate surface area is 129 Å². The fraction of sp³-hybridized carbons (Fsp3) is 0.267. The summed E-state index contributed by atoms with van der Waals surface area (Å²) in [4.78, 5) is 11.7. The Balaban J connectivity index is 1.92. The molecule has 0 bridgehead atoms. The highest BCUT2D eigenvalue weighted by atomic mass is 35.5. The Morgan fingerprint density at radius 3 is 2.45 bits per heavy atom. The summed E-state index contributed by atoms with van der Waals surface area (Å²) in [7, 11) is 0. The van der Waals surface area contributed by atoms with Gasteiger partial charge in [0.2, 0.25) is 0 Å². The molecule has 0 aliphatic rings. The lowest BCUT2D eigenvalue weighted by atomic mass is 10.2. The number of ether oxygens (including phenoxy) is 1. The van der Waals surface area contributed by atoms with Crippen LogP contribution < -0.4 is 10.3 Å². The molecule has 1 aromatic heterocycles. The lowest BCUT2D eigenvalue weighted by molar-refractivity contribution is -0.139. The Morgan fingerprint density at radius 1 is 1.14 bits per heavy atom. The van der Waals surface area contributed by atoms with Gasteiger partial charge in [0.25, 0.3) is 5.56 Å². The van der Waals surface area contributed by atoms with Crippen LogP contribution in [0.15, 0.2) is 47.4 Å². The van der Waals surface area contributed by atoms with Crippen molar-refractivity contribution in [1.82, 2.24) is 4.57 Å². The van der Waals surface area contributed by atoms with Crippen molar-refractivity contribution in [2.75, 3.05) is 6.61 Å². The number of pyridine rings is 1. The van der Waals surface area contributed by atoms with Gasteiger partial charge in [-0.1, -0.05) is 11.6 Å². The monoisotopic (exact) mass is 331 g/mol. The Bertz CT molecular complexity index is 680. The molecule has 1 heterocycles. The van der Waals surface area contributed by atoms with E-state index in [1.54, 1.807) is 24.3 Å². The molecule has 0 N–H and O–H groups in total. The van der Waals surface area contributed by atoms with Crippen LogP contribution in [0.4, 0.5) is 13.2 Å². The SMILES string of the molecule is O=c1c(C(F)(F)F)cccn1CCCOc1ccc(Cl)cc1. The zero-order valence-electron chi connectivity index (χ0n) is 11.4. The van der Waals surface area contributed by atoms with E-state index < -0.39 is 17.3 Å². The molecule has 2 rings (SSSR count). The van der Waals surface area contributed by atoms with Crippen LogP contribution in [0.3, 0.4) is 0 Å². The quantitative estimate of drug-likeness (QED) is 0.776. The molecule has 0 saturated heterocycles. The Hall–Kier alpha value is -1.95. The summed E-state index contributed by atoms with van der Waals surface area (Å²) in [5, 5.41) is 0.586. The summed E-state index contributed by atoms with van der Waals surface area (Å²) in [5.74, 6) is 0.612. The summed E-state index contributed by atoms with van der Waals surface area (Å²) >= 11 is 5.74. The van der Waals surface area contributed by atoms with Gasteiger partial charge in [0.15, 0.2) is 0 Å². The second-order valence-corrected chi connectivity index (χ2v) is 5.01. The highest BCUT2D eigenvalue weighted by molar-refractivity contribution is 6.30.